The molecule has 0 radical (unpaired) electrons. The number of pyridine rings is 1. The number of nitrogens with two attached hydrogens (primary N) is 1. The molecule has 0 spiro atoms. The third-order valence-electron chi connectivity index (χ3n) is 4.44. The van der Waals surface area contributed by atoms with E-state index in [-0.39, 0.29) is 0 Å². The van der Waals surface area contributed by atoms with E-state index in [0.717, 1.165) is 22.4 Å². The first kappa shape index (κ1) is 16.9. The first-order valence-corrected chi connectivity index (χ1v) is 8.58. The predicted octanol–water partition coefficient (Wildman–Crippen LogP) is 0.976. The van der Waals surface area contributed by atoms with Gasteiger partial charge < -0.3 is 10.6 Å². The number of amidine groups is 2. The minimum absolute atomic E-state index is 0.315. The van der Waals surface area contributed by atoms with Gasteiger partial charge in [-0.1, -0.05) is 30.3 Å². The van der Waals surface area contributed by atoms with Crippen molar-refractivity contribution >= 4 is 17.4 Å². The molecular formula is C19H20N8. The lowest BCUT2D eigenvalue weighted by Crippen LogP contribution is -2.39. The number of nitrogens with one attached hydrogen (secondary N) is 3. The average molecular weight is 360 g/mol. The van der Waals surface area contributed by atoms with Gasteiger partial charge in [-0.05, 0) is 11.6 Å². The summed E-state index contributed by atoms with van der Waals surface area (Å²) in [6.45, 7) is 1.05. The second-order valence-corrected chi connectivity index (χ2v) is 6.31. The van der Waals surface area contributed by atoms with Crippen LogP contribution in [0.25, 0.3) is 0 Å². The number of likely N-dealkylation sites (N-methyl/N-ethyl adjacent to an activating group) is 1. The molecule has 0 fully saturated rings. The monoisotopic (exact) mass is 360 g/mol. The second-order valence-electron chi connectivity index (χ2n) is 6.31. The van der Waals surface area contributed by atoms with Crippen molar-refractivity contribution in [2.24, 2.45) is 15.7 Å². The zero-order chi connectivity index (χ0) is 18.8. The Labute approximate surface area is 157 Å². The van der Waals surface area contributed by atoms with E-state index in [2.05, 4.69) is 25.8 Å². The van der Waals surface area contributed by atoms with E-state index >= 15 is 0 Å². The van der Waals surface area contributed by atoms with E-state index in [1.807, 2.05) is 48.3 Å². The number of rotatable bonds is 3. The molecule has 2 aliphatic heterocycles. The van der Waals surface area contributed by atoms with Crippen molar-refractivity contribution in [1.82, 2.24) is 20.7 Å². The Balaban J connectivity index is 1.71. The molecular weight excluding hydrogens is 340 g/mol. The van der Waals surface area contributed by atoms with Gasteiger partial charge in [0.05, 0.1) is 12.3 Å². The molecule has 8 heteroatoms. The predicted molar refractivity (Wildman–Crippen MR) is 105 cm³/mol. The SMILES string of the molecule is CN1CC(c2cccnc2)=NC(=C2N=C(c3ccc(CN)cc3)NN2)C1=N. The molecule has 3 heterocycles. The highest BCUT2D eigenvalue weighted by Gasteiger charge is 2.26. The van der Waals surface area contributed by atoms with Crippen LogP contribution < -0.4 is 16.6 Å². The molecule has 0 bridgehead atoms. The molecule has 27 heavy (non-hydrogen) atoms. The summed E-state index contributed by atoms with van der Waals surface area (Å²) >= 11 is 0. The van der Waals surface area contributed by atoms with E-state index in [4.69, 9.17) is 11.1 Å². The molecule has 0 saturated carbocycles. The molecule has 0 aliphatic carbocycles. The van der Waals surface area contributed by atoms with Crippen LogP contribution >= 0.6 is 0 Å². The molecule has 0 atom stereocenters. The summed E-state index contributed by atoms with van der Waals surface area (Å²) in [4.78, 5) is 15.3. The summed E-state index contributed by atoms with van der Waals surface area (Å²) in [6, 6.07) is 11.7. The Hall–Kier alpha value is -3.52. The van der Waals surface area contributed by atoms with Crippen LogP contribution in [0.15, 0.2) is 70.3 Å². The zero-order valence-electron chi connectivity index (χ0n) is 14.9. The Morgan fingerprint density at radius 3 is 2.63 bits per heavy atom. The molecule has 2 aliphatic rings. The maximum absolute atomic E-state index is 8.39. The molecule has 0 amide bonds. The molecule has 0 unspecified atom stereocenters. The number of aliphatic imine (C=N–C) groups is 2. The zero-order valence-corrected chi connectivity index (χ0v) is 14.9. The third kappa shape index (κ3) is 3.30. The number of nitrogens with zero attached hydrogens (tertiary/aromatic N) is 4. The number of hydrogen-bond donors (Lipinski definition) is 4. The Morgan fingerprint density at radius 1 is 1.11 bits per heavy atom. The van der Waals surface area contributed by atoms with Crippen LogP contribution in [0.3, 0.4) is 0 Å². The number of hydrogen-bond acceptors (Lipinski definition) is 7. The Kier molecular flexibility index (Phi) is 4.39. The topological polar surface area (TPSA) is 115 Å². The summed E-state index contributed by atoms with van der Waals surface area (Å²) in [7, 11) is 1.87. The number of hydrazine groups is 1. The van der Waals surface area contributed by atoms with Crippen molar-refractivity contribution < 1.29 is 0 Å². The van der Waals surface area contributed by atoms with E-state index in [9.17, 15) is 0 Å². The summed E-state index contributed by atoms with van der Waals surface area (Å²) in [5.74, 6) is 1.52. The standard InChI is InChI=1S/C19H20N8/c1-27-11-15(14-3-2-8-22-10-14)23-16(17(27)21)19-24-18(25-26-19)13-6-4-12(9-20)5-7-13/h2-8,10,21,26H,9,11,20H2,1H3,(H,24,25). The van der Waals surface area contributed by atoms with Gasteiger partial charge in [0, 0.05) is 37.1 Å². The van der Waals surface area contributed by atoms with Crippen LogP contribution in [-0.2, 0) is 6.54 Å². The highest BCUT2D eigenvalue weighted by Crippen LogP contribution is 2.19. The fourth-order valence-corrected chi connectivity index (χ4v) is 2.90. The van der Waals surface area contributed by atoms with E-state index < -0.39 is 0 Å². The van der Waals surface area contributed by atoms with Gasteiger partial charge in [0.15, 0.2) is 17.5 Å². The van der Waals surface area contributed by atoms with Crippen LogP contribution in [-0.4, -0.2) is 40.9 Å². The van der Waals surface area contributed by atoms with Gasteiger partial charge in [-0.2, -0.15) is 0 Å². The molecule has 0 saturated heterocycles. The lowest BCUT2D eigenvalue weighted by molar-refractivity contribution is 0.564. The van der Waals surface area contributed by atoms with Crippen LogP contribution in [0.1, 0.15) is 16.7 Å². The first-order chi connectivity index (χ1) is 13.2. The minimum Gasteiger partial charge on any atom is -0.352 e. The van der Waals surface area contributed by atoms with Gasteiger partial charge in [-0.15, -0.1) is 0 Å². The van der Waals surface area contributed by atoms with Crippen LogP contribution in [0.4, 0.5) is 0 Å². The lowest BCUT2D eigenvalue weighted by atomic mass is 10.1. The largest absolute Gasteiger partial charge is 0.352 e. The van der Waals surface area contributed by atoms with Crippen molar-refractivity contribution in [3.05, 3.63) is 77.0 Å². The summed E-state index contributed by atoms with van der Waals surface area (Å²) in [5.41, 5.74) is 16.0. The van der Waals surface area contributed by atoms with Gasteiger partial charge in [-0.3, -0.25) is 21.2 Å². The normalized spacial score (nSPS) is 19.3. The summed E-state index contributed by atoms with van der Waals surface area (Å²) in [6.07, 6.45) is 3.50. The highest BCUT2D eigenvalue weighted by molar-refractivity contribution is 6.12. The van der Waals surface area contributed by atoms with Crippen molar-refractivity contribution in [3.63, 3.8) is 0 Å². The van der Waals surface area contributed by atoms with Gasteiger partial charge in [0.2, 0.25) is 0 Å². The number of benzene rings is 1. The number of aromatic nitrogens is 1. The van der Waals surface area contributed by atoms with Gasteiger partial charge >= 0.3 is 0 Å². The Bertz CT molecular complexity index is 957. The van der Waals surface area contributed by atoms with Gasteiger partial charge in [0.1, 0.15) is 5.70 Å². The first-order valence-electron chi connectivity index (χ1n) is 8.58. The molecule has 1 aromatic heterocycles. The fraction of sp³-hybridized carbons (Fsp3) is 0.158. The molecule has 2 aromatic rings. The van der Waals surface area contributed by atoms with Crippen LogP contribution in [0.2, 0.25) is 0 Å². The van der Waals surface area contributed by atoms with Crippen molar-refractivity contribution in [2.75, 3.05) is 13.6 Å². The lowest BCUT2D eigenvalue weighted by Gasteiger charge is -2.26. The second kappa shape index (κ2) is 7.00. The molecule has 4 rings (SSSR count). The molecule has 1 aromatic carbocycles. The van der Waals surface area contributed by atoms with Crippen molar-refractivity contribution in [1.29, 1.82) is 5.41 Å². The maximum Gasteiger partial charge on any atom is 0.176 e. The fourth-order valence-electron chi connectivity index (χ4n) is 2.90. The smallest absolute Gasteiger partial charge is 0.176 e. The molecule has 136 valence electrons. The quantitative estimate of drug-likeness (QED) is 0.651. The van der Waals surface area contributed by atoms with E-state index in [0.29, 0.717) is 36.3 Å². The molecule has 5 N–H and O–H groups in total. The third-order valence-corrected chi connectivity index (χ3v) is 4.44. The van der Waals surface area contributed by atoms with Gasteiger partial charge in [-0.25, -0.2) is 9.98 Å². The van der Waals surface area contributed by atoms with Crippen LogP contribution in [0.5, 0.6) is 0 Å². The van der Waals surface area contributed by atoms with E-state index in [1.165, 1.54) is 0 Å². The maximum atomic E-state index is 8.39. The Morgan fingerprint density at radius 2 is 1.93 bits per heavy atom. The highest BCUT2D eigenvalue weighted by atomic mass is 15.5. The van der Waals surface area contributed by atoms with E-state index in [1.54, 1.807) is 12.4 Å². The van der Waals surface area contributed by atoms with Crippen molar-refractivity contribution in [2.45, 2.75) is 6.54 Å². The average Bonchev–Trinajstić information content (AvgIpc) is 3.20. The minimum atomic E-state index is 0.315. The summed E-state index contributed by atoms with van der Waals surface area (Å²) in [5, 5.41) is 8.39. The van der Waals surface area contributed by atoms with Crippen LogP contribution in [0, 0.1) is 5.41 Å². The molecule has 8 nitrogen and oxygen atoms in total. The van der Waals surface area contributed by atoms with Crippen molar-refractivity contribution in [3.8, 4) is 0 Å². The summed E-state index contributed by atoms with van der Waals surface area (Å²) < 4.78 is 0. The van der Waals surface area contributed by atoms with Gasteiger partial charge in [0.25, 0.3) is 0 Å².